The molecule has 0 saturated heterocycles. The lowest BCUT2D eigenvalue weighted by atomic mass is 9.87. The fourth-order valence-corrected chi connectivity index (χ4v) is 2.49. The van der Waals surface area contributed by atoms with Crippen LogP contribution in [0.25, 0.3) is 5.57 Å². The van der Waals surface area contributed by atoms with Gasteiger partial charge in [-0.2, -0.15) is 0 Å². The average molecular weight is 259 g/mol. The van der Waals surface area contributed by atoms with Crippen LogP contribution < -0.4 is 5.73 Å². The van der Waals surface area contributed by atoms with E-state index in [1.807, 2.05) is 6.07 Å². The smallest absolute Gasteiger partial charge is 0.249 e. The number of allylic oxidation sites excluding steroid dienone is 2. The van der Waals surface area contributed by atoms with Crippen molar-refractivity contribution < 1.29 is 9.90 Å². The van der Waals surface area contributed by atoms with E-state index < -0.39 is 11.5 Å². The molecular formula is C16H21NO2. The highest BCUT2D eigenvalue weighted by Gasteiger charge is 2.20. The van der Waals surface area contributed by atoms with Crippen LogP contribution in [0.1, 0.15) is 61.0 Å². The molecule has 0 aliphatic heterocycles. The number of hydrogen-bond donors (Lipinski definition) is 2. The summed E-state index contributed by atoms with van der Waals surface area (Å²) in [6, 6.07) is 5.39. The first-order chi connectivity index (χ1) is 8.89. The maximum absolute atomic E-state index is 11.6. The second kappa shape index (κ2) is 5.17. The summed E-state index contributed by atoms with van der Waals surface area (Å²) in [5, 5.41) is 10.1. The van der Waals surface area contributed by atoms with Crippen molar-refractivity contribution in [2.24, 2.45) is 5.73 Å². The van der Waals surface area contributed by atoms with Gasteiger partial charge in [0.05, 0.1) is 5.60 Å². The van der Waals surface area contributed by atoms with Gasteiger partial charge >= 0.3 is 0 Å². The van der Waals surface area contributed by atoms with Crippen LogP contribution in [-0.2, 0) is 5.60 Å². The van der Waals surface area contributed by atoms with Gasteiger partial charge in [0, 0.05) is 5.56 Å². The Hall–Kier alpha value is -1.61. The van der Waals surface area contributed by atoms with Gasteiger partial charge in [-0.05, 0) is 68.4 Å². The number of nitrogens with two attached hydrogens (primary N) is 1. The molecule has 1 aliphatic carbocycles. The molecule has 0 saturated carbocycles. The number of amides is 1. The normalized spacial score (nSPS) is 16.1. The number of carbonyl (C=O) groups is 1. The van der Waals surface area contributed by atoms with Crippen molar-refractivity contribution in [1.29, 1.82) is 0 Å². The van der Waals surface area contributed by atoms with Gasteiger partial charge in [0.15, 0.2) is 0 Å². The predicted octanol–water partition coefficient (Wildman–Crippen LogP) is 2.97. The first-order valence-electron chi connectivity index (χ1n) is 6.75. The van der Waals surface area contributed by atoms with E-state index in [-0.39, 0.29) is 0 Å². The van der Waals surface area contributed by atoms with Gasteiger partial charge in [0.2, 0.25) is 5.91 Å². The van der Waals surface area contributed by atoms with E-state index in [1.54, 1.807) is 26.0 Å². The minimum Gasteiger partial charge on any atom is -0.386 e. The van der Waals surface area contributed by atoms with Crippen LogP contribution in [0.3, 0.4) is 0 Å². The summed E-state index contributed by atoms with van der Waals surface area (Å²) in [5.74, 6) is -0.413. The van der Waals surface area contributed by atoms with Crippen molar-refractivity contribution >= 4 is 11.5 Å². The highest BCUT2D eigenvalue weighted by Crippen LogP contribution is 2.32. The summed E-state index contributed by atoms with van der Waals surface area (Å²) in [7, 11) is 0. The Balaban J connectivity index is 2.54. The van der Waals surface area contributed by atoms with Gasteiger partial charge in [0.1, 0.15) is 0 Å². The summed E-state index contributed by atoms with van der Waals surface area (Å²) in [6.45, 7) is 3.48. The minimum atomic E-state index is -0.917. The topological polar surface area (TPSA) is 63.3 Å². The van der Waals surface area contributed by atoms with E-state index in [0.717, 1.165) is 30.4 Å². The maximum Gasteiger partial charge on any atom is 0.249 e. The van der Waals surface area contributed by atoms with Gasteiger partial charge in [-0.15, -0.1) is 0 Å². The van der Waals surface area contributed by atoms with Crippen LogP contribution >= 0.6 is 0 Å². The van der Waals surface area contributed by atoms with E-state index in [1.165, 1.54) is 12.0 Å². The number of carbonyl (C=O) groups excluding carboxylic acids is 1. The fourth-order valence-electron chi connectivity index (χ4n) is 2.49. The van der Waals surface area contributed by atoms with Crippen molar-refractivity contribution in [1.82, 2.24) is 0 Å². The second-order valence-corrected chi connectivity index (χ2v) is 5.66. The highest BCUT2D eigenvalue weighted by atomic mass is 16.3. The standard InChI is InChI=1S/C16H21NO2/c1-16(2,19)12-8-9-13(15(17)18)14(10-12)11-6-4-3-5-7-11/h6,8-10,19H,3-5,7H2,1-2H3,(H2,17,18). The van der Waals surface area contributed by atoms with Crippen LogP contribution in [-0.4, -0.2) is 11.0 Å². The van der Waals surface area contributed by atoms with Crippen LogP contribution in [0.4, 0.5) is 0 Å². The fraction of sp³-hybridized carbons (Fsp3) is 0.438. The molecule has 19 heavy (non-hydrogen) atoms. The molecule has 3 nitrogen and oxygen atoms in total. The van der Waals surface area contributed by atoms with Crippen LogP contribution in [0.2, 0.25) is 0 Å². The van der Waals surface area contributed by atoms with E-state index >= 15 is 0 Å². The van der Waals surface area contributed by atoms with Gasteiger partial charge in [0.25, 0.3) is 0 Å². The molecule has 1 aromatic carbocycles. The molecule has 1 aliphatic rings. The summed E-state index contributed by atoms with van der Waals surface area (Å²) >= 11 is 0. The Morgan fingerprint density at radius 2 is 2.05 bits per heavy atom. The molecule has 3 N–H and O–H groups in total. The molecule has 102 valence electrons. The minimum absolute atomic E-state index is 0.413. The average Bonchev–Trinajstić information content (AvgIpc) is 2.38. The van der Waals surface area contributed by atoms with Crippen molar-refractivity contribution in [2.75, 3.05) is 0 Å². The SMILES string of the molecule is CC(C)(O)c1ccc(C(N)=O)c(C2=CCCCC2)c1. The van der Waals surface area contributed by atoms with E-state index in [0.29, 0.717) is 5.56 Å². The quantitative estimate of drug-likeness (QED) is 0.876. The van der Waals surface area contributed by atoms with Gasteiger partial charge in [-0.1, -0.05) is 12.1 Å². The summed E-state index contributed by atoms with van der Waals surface area (Å²) < 4.78 is 0. The third-order valence-electron chi connectivity index (χ3n) is 3.63. The van der Waals surface area contributed by atoms with Gasteiger partial charge in [-0.3, -0.25) is 4.79 Å². The first-order valence-corrected chi connectivity index (χ1v) is 6.75. The van der Waals surface area contributed by atoms with Crippen molar-refractivity contribution in [3.63, 3.8) is 0 Å². The lowest BCUT2D eigenvalue weighted by Gasteiger charge is -2.22. The zero-order chi connectivity index (χ0) is 14.0. The van der Waals surface area contributed by atoms with Crippen molar-refractivity contribution in [3.05, 3.63) is 41.0 Å². The van der Waals surface area contributed by atoms with Crippen molar-refractivity contribution in [2.45, 2.75) is 45.1 Å². The van der Waals surface area contributed by atoms with Crippen molar-refractivity contribution in [3.8, 4) is 0 Å². The van der Waals surface area contributed by atoms with E-state index in [4.69, 9.17) is 5.73 Å². The Kier molecular flexibility index (Phi) is 3.76. The number of benzene rings is 1. The lowest BCUT2D eigenvalue weighted by molar-refractivity contribution is 0.0784. The molecule has 0 spiro atoms. The Bertz CT molecular complexity index is 524. The molecule has 1 aromatic rings. The Morgan fingerprint density at radius 1 is 1.32 bits per heavy atom. The summed E-state index contributed by atoms with van der Waals surface area (Å²) in [5.41, 5.74) is 7.94. The first kappa shape index (κ1) is 13.8. The molecule has 0 radical (unpaired) electrons. The summed E-state index contributed by atoms with van der Waals surface area (Å²) in [6.07, 6.45) is 6.52. The molecular weight excluding hydrogens is 238 g/mol. The number of rotatable bonds is 3. The van der Waals surface area contributed by atoms with E-state index in [2.05, 4.69) is 6.08 Å². The van der Waals surface area contributed by atoms with E-state index in [9.17, 15) is 9.90 Å². The largest absolute Gasteiger partial charge is 0.386 e. The van der Waals surface area contributed by atoms with Crippen LogP contribution in [0, 0.1) is 0 Å². The molecule has 3 heteroatoms. The number of hydrogen-bond acceptors (Lipinski definition) is 2. The lowest BCUT2D eigenvalue weighted by Crippen LogP contribution is -2.19. The highest BCUT2D eigenvalue weighted by molar-refractivity contribution is 5.98. The molecule has 0 atom stereocenters. The zero-order valence-corrected chi connectivity index (χ0v) is 11.6. The molecule has 0 bridgehead atoms. The van der Waals surface area contributed by atoms with Crippen LogP contribution in [0.5, 0.6) is 0 Å². The molecule has 0 fully saturated rings. The second-order valence-electron chi connectivity index (χ2n) is 5.66. The predicted molar refractivity (Wildman–Crippen MR) is 76.6 cm³/mol. The number of primary amides is 1. The van der Waals surface area contributed by atoms with Gasteiger partial charge in [-0.25, -0.2) is 0 Å². The molecule has 2 rings (SSSR count). The number of aliphatic hydroxyl groups is 1. The molecule has 0 unspecified atom stereocenters. The third-order valence-corrected chi connectivity index (χ3v) is 3.63. The zero-order valence-electron chi connectivity index (χ0n) is 11.6. The maximum atomic E-state index is 11.6. The van der Waals surface area contributed by atoms with Gasteiger partial charge < -0.3 is 10.8 Å². The molecule has 1 amide bonds. The third kappa shape index (κ3) is 3.04. The Morgan fingerprint density at radius 3 is 2.58 bits per heavy atom. The monoisotopic (exact) mass is 259 g/mol. The molecule has 0 heterocycles. The van der Waals surface area contributed by atoms with Crippen LogP contribution in [0.15, 0.2) is 24.3 Å². The molecule has 0 aromatic heterocycles. The Labute approximate surface area is 114 Å². The summed E-state index contributed by atoms with van der Waals surface area (Å²) in [4.78, 5) is 11.6.